The van der Waals surface area contributed by atoms with E-state index in [0.29, 0.717) is 17.1 Å². The van der Waals surface area contributed by atoms with E-state index in [0.717, 1.165) is 18.2 Å². The van der Waals surface area contributed by atoms with Crippen molar-refractivity contribution >= 4 is 29.2 Å². The second kappa shape index (κ2) is 5.25. The predicted octanol–water partition coefficient (Wildman–Crippen LogP) is 3.34. The molecule has 18 heavy (non-hydrogen) atoms. The van der Waals surface area contributed by atoms with Crippen molar-refractivity contribution in [3.8, 4) is 0 Å². The van der Waals surface area contributed by atoms with Crippen LogP contribution in [0.15, 0.2) is 6.07 Å². The summed E-state index contributed by atoms with van der Waals surface area (Å²) in [7, 11) is 0. The van der Waals surface area contributed by atoms with Crippen LogP contribution < -0.4 is 4.90 Å². The average molecular weight is 284 g/mol. The van der Waals surface area contributed by atoms with Crippen LogP contribution in [0.1, 0.15) is 37.4 Å². The van der Waals surface area contributed by atoms with Crippen molar-refractivity contribution in [2.45, 2.75) is 37.6 Å². The van der Waals surface area contributed by atoms with Crippen molar-refractivity contribution in [1.82, 2.24) is 9.97 Å². The Balaban J connectivity index is 1.85. The molecule has 0 amide bonds. The lowest BCUT2D eigenvalue weighted by Gasteiger charge is -2.25. The normalized spacial score (nSPS) is 23.7. The molecule has 5 heteroatoms. The minimum absolute atomic E-state index is 0.559. The van der Waals surface area contributed by atoms with Crippen molar-refractivity contribution in [2.24, 2.45) is 0 Å². The highest BCUT2D eigenvalue weighted by Gasteiger charge is 2.30. The fourth-order valence-corrected chi connectivity index (χ4v) is 3.51. The summed E-state index contributed by atoms with van der Waals surface area (Å²) >= 11 is 8.05. The third-order valence-corrected chi connectivity index (χ3v) is 4.58. The van der Waals surface area contributed by atoms with Crippen LogP contribution in [0.4, 0.5) is 5.82 Å². The molecule has 3 rings (SSSR count). The van der Waals surface area contributed by atoms with Crippen molar-refractivity contribution in [2.75, 3.05) is 23.5 Å². The Bertz CT molecular complexity index is 436. The van der Waals surface area contributed by atoms with Gasteiger partial charge in [-0.05, 0) is 31.9 Å². The highest BCUT2D eigenvalue weighted by molar-refractivity contribution is 7.98. The van der Waals surface area contributed by atoms with Crippen LogP contribution in [-0.2, 0) is 0 Å². The Morgan fingerprint density at radius 2 is 2.22 bits per heavy atom. The zero-order chi connectivity index (χ0) is 12.5. The quantitative estimate of drug-likeness (QED) is 0.793. The van der Waals surface area contributed by atoms with Crippen LogP contribution in [0.25, 0.3) is 0 Å². The molecule has 1 saturated heterocycles. The third kappa shape index (κ3) is 2.59. The first-order chi connectivity index (χ1) is 8.78. The monoisotopic (exact) mass is 283 g/mol. The Hall–Kier alpha value is -0.480. The van der Waals surface area contributed by atoms with E-state index >= 15 is 0 Å². The Morgan fingerprint density at radius 1 is 1.39 bits per heavy atom. The van der Waals surface area contributed by atoms with Crippen LogP contribution in [0.2, 0.25) is 5.15 Å². The minimum Gasteiger partial charge on any atom is -0.353 e. The summed E-state index contributed by atoms with van der Waals surface area (Å²) in [6.45, 7) is 1.10. The SMILES string of the molecule is CSCC1CCCN1c1cc(Cl)nc(C2CC2)n1. The summed E-state index contributed by atoms with van der Waals surface area (Å²) in [6.07, 6.45) is 7.12. The molecule has 1 atom stereocenters. The molecule has 0 aromatic carbocycles. The molecule has 1 aliphatic heterocycles. The topological polar surface area (TPSA) is 29.0 Å². The fourth-order valence-electron chi connectivity index (χ4n) is 2.60. The summed E-state index contributed by atoms with van der Waals surface area (Å²) < 4.78 is 0. The molecule has 2 heterocycles. The number of anilines is 1. The molecule has 1 saturated carbocycles. The van der Waals surface area contributed by atoms with Gasteiger partial charge in [-0.3, -0.25) is 0 Å². The van der Waals surface area contributed by atoms with E-state index < -0.39 is 0 Å². The van der Waals surface area contributed by atoms with Gasteiger partial charge < -0.3 is 4.90 Å². The number of hydrogen-bond acceptors (Lipinski definition) is 4. The number of nitrogens with zero attached hydrogens (tertiary/aromatic N) is 3. The standard InChI is InChI=1S/C13H18ClN3S/c1-18-8-10-3-2-6-17(10)12-7-11(14)15-13(16-12)9-4-5-9/h7,9-10H,2-6,8H2,1H3. The van der Waals surface area contributed by atoms with Gasteiger partial charge in [0.2, 0.25) is 0 Å². The molecule has 0 spiro atoms. The second-order valence-electron chi connectivity index (χ2n) is 5.13. The molecular weight excluding hydrogens is 266 g/mol. The Labute approximate surface area is 117 Å². The smallest absolute Gasteiger partial charge is 0.135 e. The predicted molar refractivity (Wildman–Crippen MR) is 77.8 cm³/mol. The zero-order valence-electron chi connectivity index (χ0n) is 10.6. The maximum atomic E-state index is 6.14. The first-order valence-electron chi connectivity index (χ1n) is 6.58. The molecule has 1 aromatic heterocycles. The van der Waals surface area contributed by atoms with Gasteiger partial charge in [0.05, 0.1) is 0 Å². The van der Waals surface area contributed by atoms with Gasteiger partial charge in [0.1, 0.15) is 16.8 Å². The van der Waals surface area contributed by atoms with Crippen molar-refractivity contribution in [3.63, 3.8) is 0 Å². The van der Waals surface area contributed by atoms with E-state index in [-0.39, 0.29) is 0 Å². The number of halogens is 1. The first-order valence-corrected chi connectivity index (χ1v) is 8.35. The fraction of sp³-hybridized carbons (Fsp3) is 0.692. The van der Waals surface area contributed by atoms with Crippen LogP contribution in [0.3, 0.4) is 0 Å². The third-order valence-electron chi connectivity index (χ3n) is 3.67. The zero-order valence-corrected chi connectivity index (χ0v) is 12.2. The second-order valence-corrected chi connectivity index (χ2v) is 6.42. The molecule has 1 unspecified atom stereocenters. The van der Waals surface area contributed by atoms with Gasteiger partial charge in [-0.1, -0.05) is 11.6 Å². The van der Waals surface area contributed by atoms with Gasteiger partial charge in [-0.2, -0.15) is 11.8 Å². The van der Waals surface area contributed by atoms with Crippen molar-refractivity contribution in [3.05, 3.63) is 17.0 Å². The van der Waals surface area contributed by atoms with Crippen molar-refractivity contribution in [1.29, 1.82) is 0 Å². The largest absolute Gasteiger partial charge is 0.353 e. The van der Waals surface area contributed by atoms with Crippen molar-refractivity contribution < 1.29 is 0 Å². The lowest BCUT2D eigenvalue weighted by molar-refractivity contribution is 0.732. The Morgan fingerprint density at radius 3 is 2.94 bits per heavy atom. The average Bonchev–Trinajstić information content (AvgIpc) is 3.10. The summed E-state index contributed by atoms with van der Waals surface area (Å²) in [6, 6.07) is 2.53. The highest BCUT2D eigenvalue weighted by Crippen LogP contribution is 2.39. The molecule has 0 radical (unpaired) electrons. The lowest BCUT2D eigenvalue weighted by atomic mass is 10.2. The van der Waals surface area contributed by atoms with E-state index in [1.165, 1.54) is 31.4 Å². The maximum absolute atomic E-state index is 6.14. The molecule has 3 nitrogen and oxygen atoms in total. The minimum atomic E-state index is 0.559. The summed E-state index contributed by atoms with van der Waals surface area (Å²) in [4.78, 5) is 11.5. The first kappa shape index (κ1) is 12.5. The maximum Gasteiger partial charge on any atom is 0.135 e. The summed E-state index contributed by atoms with van der Waals surface area (Å²) in [5.74, 6) is 3.71. The van der Waals surface area contributed by atoms with Crippen LogP contribution in [0, 0.1) is 0 Å². The molecule has 2 aliphatic rings. The van der Waals surface area contributed by atoms with E-state index in [9.17, 15) is 0 Å². The molecule has 98 valence electrons. The molecule has 1 aliphatic carbocycles. The van der Waals surface area contributed by atoms with Gasteiger partial charge in [0, 0.05) is 30.3 Å². The van der Waals surface area contributed by atoms with Gasteiger partial charge in [0.25, 0.3) is 0 Å². The number of hydrogen-bond donors (Lipinski definition) is 0. The summed E-state index contributed by atoms with van der Waals surface area (Å²) in [5.41, 5.74) is 0. The van der Waals surface area contributed by atoms with Gasteiger partial charge in [-0.25, -0.2) is 9.97 Å². The Kier molecular flexibility index (Phi) is 3.66. The van der Waals surface area contributed by atoms with Crippen LogP contribution >= 0.6 is 23.4 Å². The van der Waals surface area contributed by atoms with E-state index in [2.05, 4.69) is 16.1 Å². The lowest BCUT2D eigenvalue weighted by Crippen LogP contribution is -2.32. The number of aromatic nitrogens is 2. The number of thioether (sulfide) groups is 1. The van der Waals surface area contributed by atoms with Crippen LogP contribution in [-0.4, -0.2) is 34.6 Å². The molecule has 0 bridgehead atoms. The van der Waals surface area contributed by atoms with Gasteiger partial charge in [-0.15, -0.1) is 0 Å². The van der Waals surface area contributed by atoms with E-state index in [1.54, 1.807) is 0 Å². The highest BCUT2D eigenvalue weighted by atomic mass is 35.5. The van der Waals surface area contributed by atoms with Crippen LogP contribution in [0.5, 0.6) is 0 Å². The molecule has 2 fully saturated rings. The summed E-state index contributed by atoms with van der Waals surface area (Å²) in [5, 5.41) is 0.594. The van der Waals surface area contributed by atoms with Gasteiger partial charge in [0.15, 0.2) is 0 Å². The van der Waals surface area contributed by atoms with Gasteiger partial charge >= 0.3 is 0 Å². The van der Waals surface area contributed by atoms with E-state index in [1.807, 2.05) is 17.8 Å². The number of rotatable bonds is 4. The van der Waals surface area contributed by atoms with E-state index in [4.69, 9.17) is 16.6 Å². The molecule has 1 aromatic rings. The molecule has 0 N–H and O–H groups in total. The molecular formula is C13H18ClN3S.